The zero-order chi connectivity index (χ0) is 12.3. The van der Waals surface area contributed by atoms with Gasteiger partial charge in [0.25, 0.3) is 0 Å². The normalized spacial score (nSPS) is 9.82. The first-order valence-corrected chi connectivity index (χ1v) is 4.85. The van der Waals surface area contributed by atoms with Crippen LogP contribution in [0.5, 0.6) is 0 Å². The van der Waals surface area contributed by atoms with Gasteiger partial charge in [-0.2, -0.15) is 5.26 Å². The van der Waals surface area contributed by atoms with Gasteiger partial charge in [-0.1, -0.05) is 12.1 Å². The van der Waals surface area contributed by atoms with Gasteiger partial charge in [0.2, 0.25) is 0 Å². The maximum Gasteiger partial charge on any atom is 0.309 e. The number of oxazole rings is 1. The predicted octanol–water partition coefficient (Wildman–Crippen LogP) is 1.84. The summed E-state index contributed by atoms with van der Waals surface area (Å²) in [5, 5.41) is 17.5. The third kappa shape index (κ3) is 2.32. The van der Waals surface area contributed by atoms with Gasteiger partial charge in [-0.15, -0.1) is 0 Å². The molecule has 0 radical (unpaired) electrons. The van der Waals surface area contributed by atoms with Crippen molar-refractivity contribution < 1.29 is 14.3 Å². The van der Waals surface area contributed by atoms with E-state index in [0.29, 0.717) is 22.6 Å². The van der Waals surface area contributed by atoms with E-state index >= 15 is 0 Å². The Labute approximate surface area is 96.9 Å². The van der Waals surface area contributed by atoms with Crippen LogP contribution in [0.15, 0.2) is 35.1 Å². The molecule has 1 N–H and O–H groups in total. The standard InChI is InChI=1S/C12H8N2O3/c13-6-8-2-1-3-9(4-8)12-10(5-11(15)16)14-7-17-12/h1-4,7H,5H2,(H,15,16). The highest BCUT2D eigenvalue weighted by Crippen LogP contribution is 2.24. The molecule has 17 heavy (non-hydrogen) atoms. The molecule has 0 aliphatic rings. The van der Waals surface area contributed by atoms with E-state index in [9.17, 15) is 4.79 Å². The smallest absolute Gasteiger partial charge is 0.309 e. The molecule has 5 heteroatoms. The maximum atomic E-state index is 10.6. The molecule has 0 spiro atoms. The molecule has 0 unspecified atom stereocenters. The van der Waals surface area contributed by atoms with E-state index in [4.69, 9.17) is 14.8 Å². The van der Waals surface area contributed by atoms with Crippen molar-refractivity contribution in [3.63, 3.8) is 0 Å². The SMILES string of the molecule is N#Cc1cccc(-c2ocnc2CC(=O)O)c1. The molecule has 0 fully saturated rings. The van der Waals surface area contributed by atoms with Crippen molar-refractivity contribution in [3.8, 4) is 17.4 Å². The van der Waals surface area contributed by atoms with Gasteiger partial charge in [-0.05, 0) is 12.1 Å². The Morgan fingerprint density at radius 2 is 2.35 bits per heavy atom. The van der Waals surface area contributed by atoms with Gasteiger partial charge < -0.3 is 9.52 Å². The van der Waals surface area contributed by atoms with Crippen LogP contribution in [0.2, 0.25) is 0 Å². The van der Waals surface area contributed by atoms with Gasteiger partial charge in [-0.3, -0.25) is 4.79 Å². The number of nitrogens with zero attached hydrogens (tertiary/aromatic N) is 2. The third-order valence-electron chi connectivity index (χ3n) is 2.21. The first kappa shape index (κ1) is 10.9. The summed E-state index contributed by atoms with van der Waals surface area (Å²) in [6.45, 7) is 0. The molecule has 1 aromatic carbocycles. The molecule has 0 aliphatic heterocycles. The second-order valence-electron chi connectivity index (χ2n) is 3.39. The topological polar surface area (TPSA) is 87.1 Å². The Hall–Kier alpha value is -2.61. The van der Waals surface area contributed by atoms with Crippen molar-refractivity contribution in [2.24, 2.45) is 0 Å². The van der Waals surface area contributed by atoms with Crippen LogP contribution in [0.3, 0.4) is 0 Å². The van der Waals surface area contributed by atoms with Gasteiger partial charge in [-0.25, -0.2) is 4.98 Å². The lowest BCUT2D eigenvalue weighted by molar-refractivity contribution is -0.136. The van der Waals surface area contributed by atoms with Crippen molar-refractivity contribution in [3.05, 3.63) is 41.9 Å². The molecule has 0 atom stereocenters. The van der Waals surface area contributed by atoms with Gasteiger partial charge in [0.1, 0.15) is 0 Å². The number of aliphatic carboxylic acids is 1. The van der Waals surface area contributed by atoms with Crippen LogP contribution in [0.25, 0.3) is 11.3 Å². The molecule has 0 aliphatic carbocycles. The molecule has 0 saturated heterocycles. The van der Waals surface area contributed by atoms with E-state index in [0.717, 1.165) is 0 Å². The Morgan fingerprint density at radius 1 is 1.53 bits per heavy atom. The second kappa shape index (κ2) is 4.49. The largest absolute Gasteiger partial charge is 0.481 e. The van der Waals surface area contributed by atoms with Crippen LogP contribution < -0.4 is 0 Å². The molecule has 2 rings (SSSR count). The molecule has 2 aromatic rings. The summed E-state index contributed by atoms with van der Waals surface area (Å²) >= 11 is 0. The van der Waals surface area contributed by atoms with E-state index in [1.165, 1.54) is 6.39 Å². The molecule has 0 bridgehead atoms. The minimum Gasteiger partial charge on any atom is -0.481 e. The van der Waals surface area contributed by atoms with Crippen LogP contribution in [0.4, 0.5) is 0 Å². The molecular weight excluding hydrogens is 220 g/mol. The fourth-order valence-corrected chi connectivity index (χ4v) is 1.50. The number of carboxylic acids is 1. The molecule has 0 amide bonds. The third-order valence-corrected chi connectivity index (χ3v) is 2.21. The van der Waals surface area contributed by atoms with Crippen molar-refractivity contribution in [2.45, 2.75) is 6.42 Å². The fourth-order valence-electron chi connectivity index (χ4n) is 1.50. The first-order valence-electron chi connectivity index (χ1n) is 4.85. The van der Waals surface area contributed by atoms with Gasteiger partial charge >= 0.3 is 5.97 Å². The van der Waals surface area contributed by atoms with Crippen molar-refractivity contribution in [1.29, 1.82) is 5.26 Å². The summed E-state index contributed by atoms with van der Waals surface area (Å²) in [5.41, 5.74) is 1.49. The zero-order valence-electron chi connectivity index (χ0n) is 8.75. The molecule has 1 heterocycles. The highest BCUT2D eigenvalue weighted by atomic mass is 16.4. The number of aromatic nitrogens is 1. The number of nitriles is 1. The van der Waals surface area contributed by atoms with Gasteiger partial charge in [0.05, 0.1) is 23.7 Å². The summed E-state index contributed by atoms with van der Waals surface area (Å²) in [7, 11) is 0. The Balaban J connectivity index is 2.43. The molecule has 5 nitrogen and oxygen atoms in total. The first-order chi connectivity index (χ1) is 8.20. The molecular formula is C12H8N2O3. The van der Waals surface area contributed by atoms with Gasteiger partial charge in [0.15, 0.2) is 12.2 Å². The van der Waals surface area contributed by atoms with E-state index in [1.54, 1.807) is 24.3 Å². The van der Waals surface area contributed by atoms with Crippen LogP contribution in [-0.2, 0) is 11.2 Å². The van der Waals surface area contributed by atoms with Crippen molar-refractivity contribution in [1.82, 2.24) is 4.98 Å². The number of benzene rings is 1. The molecule has 84 valence electrons. The van der Waals surface area contributed by atoms with Crippen LogP contribution in [-0.4, -0.2) is 16.1 Å². The van der Waals surface area contributed by atoms with E-state index in [2.05, 4.69) is 4.98 Å². The Kier molecular flexibility index (Phi) is 2.88. The number of hydrogen-bond donors (Lipinski definition) is 1. The van der Waals surface area contributed by atoms with Crippen molar-refractivity contribution in [2.75, 3.05) is 0 Å². The minimum atomic E-state index is -0.975. The predicted molar refractivity (Wildman–Crippen MR) is 58.0 cm³/mol. The lowest BCUT2D eigenvalue weighted by Crippen LogP contribution is -2.01. The van der Waals surface area contributed by atoms with Crippen LogP contribution >= 0.6 is 0 Å². The minimum absolute atomic E-state index is 0.206. The zero-order valence-corrected chi connectivity index (χ0v) is 8.75. The van der Waals surface area contributed by atoms with Crippen LogP contribution in [0, 0.1) is 11.3 Å². The lowest BCUT2D eigenvalue weighted by Gasteiger charge is -1.99. The lowest BCUT2D eigenvalue weighted by atomic mass is 10.1. The van der Waals surface area contributed by atoms with E-state index in [1.807, 2.05) is 6.07 Å². The average molecular weight is 228 g/mol. The summed E-state index contributed by atoms with van der Waals surface area (Å²) in [6.07, 6.45) is 0.995. The Bertz CT molecular complexity index is 596. The molecule has 0 saturated carbocycles. The quantitative estimate of drug-likeness (QED) is 0.865. The Morgan fingerprint density at radius 3 is 3.06 bits per heavy atom. The maximum absolute atomic E-state index is 10.6. The van der Waals surface area contributed by atoms with Crippen LogP contribution in [0.1, 0.15) is 11.3 Å². The van der Waals surface area contributed by atoms with E-state index in [-0.39, 0.29) is 6.42 Å². The summed E-state index contributed by atoms with van der Waals surface area (Å²) in [6, 6.07) is 8.76. The van der Waals surface area contributed by atoms with Gasteiger partial charge in [0, 0.05) is 5.56 Å². The molecule has 1 aromatic heterocycles. The summed E-state index contributed by atoms with van der Waals surface area (Å²) in [5.74, 6) is -0.582. The van der Waals surface area contributed by atoms with E-state index < -0.39 is 5.97 Å². The fraction of sp³-hybridized carbons (Fsp3) is 0.0833. The second-order valence-corrected chi connectivity index (χ2v) is 3.39. The highest BCUT2D eigenvalue weighted by molar-refractivity contribution is 5.73. The number of rotatable bonds is 3. The monoisotopic (exact) mass is 228 g/mol. The highest BCUT2D eigenvalue weighted by Gasteiger charge is 2.13. The number of hydrogen-bond acceptors (Lipinski definition) is 4. The average Bonchev–Trinajstić information content (AvgIpc) is 2.76. The number of carbonyl (C=O) groups is 1. The summed E-state index contributed by atoms with van der Waals surface area (Å²) in [4.78, 5) is 14.5. The summed E-state index contributed by atoms with van der Waals surface area (Å²) < 4.78 is 5.17. The number of carboxylic acid groups (broad SMARTS) is 1. The van der Waals surface area contributed by atoms with Crippen molar-refractivity contribution >= 4 is 5.97 Å².